The first kappa shape index (κ1) is 8.12. The molecule has 1 fully saturated rings. The average Bonchev–Trinajstić information content (AvgIpc) is 2.12. The van der Waals surface area contributed by atoms with Gasteiger partial charge in [-0.3, -0.25) is 4.79 Å². The smallest absolute Gasteiger partial charge is 0.254 e. The number of hydrogen-bond acceptors (Lipinski definition) is 4. The van der Waals surface area contributed by atoms with E-state index in [9.17, 15) is 4.79 Å². The molecule has 1 saturated heterocycles. The van der Waals surface area contributed by atoms with E-state index in [1.165, 1.54) is 18.7 Å². The summed E-state index contributed by atoms with van der Waals surface area (Å²) in [5, 5.41) is 2.79. The highest BCUT2D eigenvalue weighted by Gasteiger charge is 2.20. The van der Waals surface area contributed by atoms with Gasteiger partial charge in [0.1, 0.15) is 6.33 Å². The van der Waals surface area contributed by atoms with Gasteiger partial charge in [-0.05, 0) is 0 Å². The number of nitrogens with one attached hydrogen (secondary N) is 1. The molecular formula is C8H9N3O2. The van der Waals surface area contributed by atoms with Crippen molar-refractivity contribution in [2.75, 3.05) is 13.2 Å². The lowest BCUT2D eigenvalue weighted by molar-refractivity contribution is -0.00347. The fraction of sp³-hybridized carbons (Fsp3) is 0.375. The van der Waals surface area contributed by atoms with E-state index in [2.05, 4.69) is 15.3 Å². The second-order valence-corrected chi connectivity index (χ2v) is 2.83. The van der Waals surface area contributed by atoms with Gasteiger partial charge in [0.2, 0.25) is 0 Å². The molecule has 1 aliphatic rings. The van der Waals surface area contributed by atoms with Crippen LogP contribution in [-0.2, 0) is 4.74 Å². The normalized spacial score (nSPS) is 16.3. The molecule has 0 atom stereocenters. The van der Waals surface area contributed by atoms with Gasteiger partial charge >= 0.3 is 0 Å². The number of hydrogen-bond donors (Lipinski definition) is 1. The zero-order valence-corrected chi connectivity index (χ0v) is 6.93. The van der Waals surface area contributed by atoms with Crippen LogP contribution in [0.5, 0.6) is 0 Å². The summed E-state index contributed by atoms with van der Waals surface area (Å²) in [7, 11) is 0. The monoisotopic (exact) mass is 179 g/mol. The number of carbonyl (C=O) groups excluding carboxylic acids is 1. The molecule has 0 saturated carbocycles. The Balaban J connectivity index is 1.97. The summed E-state index contributed by atoms with van der Waals surface area (Å²) >= 11 is 0. The molecule has 0 bridgehead atoms. The maximum absolute atomic E-state index is 11.4. The van der Waals surface area contributed by atoms with Gasteiger partial charge < -0.3 is 10.1 Å². The van der Waals surface area contributed by atoms with E-state index < -0.39 is 0 Å². The molecule has 0 aromatic carbocycles. The van der Waals surface area contributed by atoms with Crippen molar-refractivity contribution in [3.63, 3.8) is 0 Å². The highest BCUT2D eigenvalue weighted by atomic mass is 16.5. The van der Waals surface area contributed by atoms with Crippen molar-refractivity contribution in [1.29, 1.82) is 0 Å². The third kappa shape index (κ3) is 1.81. The number of aromatic nitrogens is 2. The van der Waals surface area contributed by atoms with Crippen LogP contribution < -0.4 is 5.32 Å². The molecule has 2 rings (SSSR count). The standard InChI is InChI=1S/C8H9N3O2/c12-8(11-7-3-13-4-7)6-1-9-5-10-2-6/h1-2,5,7H,3-4H2,(H,11,12). The third-order valence-corrected chi connectivity index (χ3v) is 1.80. The van der Waals surface area contributed by atoms with Crippen LogP contribution in [0, 0.1) is 0 Å². The SMILES string of the molecule is O=C(NC1COC1)c1cncnc1. The third-order valence-electron chi connectivity index (χ3n) is 1.80. The molecule has 1 aliphatic heterocycles. The summed E-state index contributed by atoms with van der Waals surface area (Å²) in [5.41, 5.74) is 0.481. The zero-order chi connectivity index (χ0) is 9.10. The fourth-order valence-electron chi connectivity index (χ4n) is 1.00. The lowest BCUT2D eigenvalue weighted by atomic mass is 10.2. The van der Waals surface area contributed by atoms with Crippen LogP contribution in [0.15, 0.2) is 18.7 Å². The topological polar surface area (TPSA) is 64.1 Å². The second-order valence-electron chi connectivity index (χ2n) is 2.83. The molecule has 2 heterocycles. The Hall–Kier alpha value is -1.49. The molecule has 1 aromatic heterocycles. The Bertz CT molecular complexity index is 298. The molecule has 68 valence electrons. The number of carbonyl (C=O) groups is 1. The molecule has 13 heavy (non-hydrogen) atoms. The quantitative estimate of drug-likeness (QED) is 0.671. The summed E-state index contributed by atoms with van der Waals surface area (Å²) < 4.78 is 4.93. The van der Waals surface area contributed by atoms with E-state index in [0.717, 1.165) is 0 Å². The average molecular weight is 179 g/mol. The van der Waals surface area contributed by atoms with Crippen molar-refractivity contribution < 1.29 is 9.53 Å². The minimum atomic E-state index is -0.145. The van der Waals surface area contributed by atoms with Crippen LogP contribution in [0.4, 0.5) is 0 Å². The van der Waals surface area contributed by atoms with Gasteiger partial charge in [0.05, 0.1) is 24.8 Å². The number of nitrogens with zero attached hydrogens (tertiary/aromatic N) is 2. The molecule has 1 N–H and O–H groups in total. The van der Waals surface area contributed by atoms with E-state index in [1.807, 2.05) is 0 Å². The number of amides is 1. The van der Waals surface area contributed by atoms with Gasteiger partial charge in [-0.15, -0.1) is 0 Å². The van der Waals surface area contributed by atoms with Crippen LogP contribution in [0.3, 0.4) is 0 Å². The van der Waals surface area contributed by atoms with E-state index in [-0.39, 0.29) is 11.9 Å². The van der Waals surface area contributed by atoms with Crippen LogP contribution in [0.1, 0.15) is 10.4 Å². The van der Waals surface area contributed by atoms with Gasteiger partial charge in [-0.2, -0.15) is 0 Å². The molecule has 1 aromatic rings. The van der Waals surface area contributed by atoms with Gasteiger partial charge in [-0.25, -0.2) is 9.97 Å². The zero-order valence-electron chi connectivity index (χ0n) is 6.93. The lowest BCUT2D eigenvalue weighted by Crippen LogP contribution is -2.48. The summed E-state index contributed by atoms with van der Waals surface area (Å²) in [6.45, 7) is 1.19. The maximum atomic E-state index is 11.4. The predicted molar refractivity (Wildman–Crippen MR) is 44.1 cm³/mol. The van der Waals surface area contributed by atoms with Crippen molar-refractivity contribution in [3.8, 4) is 0 Å². The predicted octanol–water partition coefficient (Wildman–Crippen LogP) is -0.395. The van der Waals surface area contributed by atoms with Crippen LogP contribution in [-0.4, -0.2) is 35.1 Å². The molecule has 1 amide bonds. The van der Waals surface area contributed by atoms with Crippen molar-refractivity contribution >= 4 is 5.91 Å². The maximum Gasteiger partial charge on any atom is 0.254 e. The second kappa shape index (κ2) is 3.49. The molecule has 0 radical (unpaired) electrons. The van der Waals surface area contributed by atoms with Crippen molar-refractivity contribution in [2.45, 2.75) is 6.04 Å². The van der Waals surface area contributed by atoms with E-state index in [1.54, 1.807) is 0 Å². The Morgan fingerprint density at radius 3 is 2.69 bits per heavy atom. The van der Waals surface area contributed by atoms with Crippen LogP contribution in [0.25, 0.3) is 0 Å². The Morgan fingerprint density at radius 1 is 1.46 bits per heavy atom. The fourth-order valence-corrected chi connectivity index (χ4v) is 1.00. The first-order valence-corrected chi connectivity index (χ1v) is 4.00. The molecule has 0 aliphatic carbocycles. The summed E-state index contributed by atoms with van der Waals surface area (Å²) in [5.74, 6) is -0.145. The molecular weight excluding hydrogens is 170 g/mol. The Kier molecular flexibility index (Phi) is 2.18. The van der Waals surface area contributed by atoms with E-state index in [4.69, 9.17) is 4.74 Å². The molecule has 0 unspecified atom stereocenters. The van der Waals surface area contributed by atoms with E-state index >= 15 is 0 Å². The van der Waals surface area contributed by atoms with Crippen molar-refractivity contribution in [1.82, 2.24) is 15.3 Å². The lowest BCUT2D eigenvalue weighted by Gasteiger charge is -2.26. The van der Waals surface area contributed by atoms with Gasteiger partial charge in [0.25, 0.3) is 5.91 Å². The highest BCUT2D eigenvalue weighted by molar-refractivity contribution is 5.93. The molecule has 0 spiro atoms. The van der Waals surface area contributed by atoms with E-state index in [0.29, 0.717) is 18.8 Å². The number of rotatable bonds is 2. The van der Waals surface area contributed by atoms with Crippen LogP contribution in [0.2, 0.25) is 0 Å². The summed E-state index contributed by atoms with van der Waals surface area (Å²) in [6.07, 6.45) is 4.37. The highest BCUT2D eigenvalue weighted by Crippen LogP contribution is 2.01. The Morgan fingerprint density at radius 2 is 2.15 bits per heavy atom. The van der Waals surface area contributed by atoms with Crippen LogP contribution >= 0.6 is 0 Å². The van der Waals surface area contributed by atoms with Gasteiger partial charge in [0.15, 0.2) is 0 Å². The summed E-state index contributed by atoms with van der Waals surface area (Å²) in [6, 6.07) is 0.146. The Labute approximate surface area is 75.1 Å². The first-order valence-electron chi connectivity index (χ1n) is 4.00. The van der Waals surface area contributed by atoms with Gasteiger partial charge in [-0.1, -0.05) is 0 Å². The minimum Gasteiger partial charge on any atom is -0.377 e. The largest absolute Gasteiger partial charge is 0.377 e. The minimum absolute atomic E-state index is 0.145. The van der Waals surface area contributed by atoms with Crippen molar-refractivity contribution in [2.24, 2.45) is 0 Å². The number of ether oxygens (including phenoxy) is 1. The van der Waals surface area contributed by atoms with Gasteiger partial charge in [0, 0.05) is 12.4 Å². The van der Waals surface area contributed by atoms with Crippen molar-refractivity contribution in [3.05, 3.63) is 24.3 Å². The summed E-state index contributed by atoms with van der Waals surface area (Å²) in [4.78, 5) is 18.9. The molecule has 5 heteroatoms. The first-order chi connectivity index (χ1) is 6.36. The molecule has 5 nitrogen and oxygen atoms in total.